The van der Waals surface area contributed by atoms with E-state index in [4.69, 9.17) is 4.74 Å². The number of hydrogen-bond donors (Lipinski definition) is 2. The van der Waals surface area contributed by atoms with E-state index in [-0.39, 0.29) is 17.5 Å². The van der Waals surface area contributed by atoms with E-state index in [0.717, 1.165) is 32.1 Å². The fourth-order valence-electron chi connectivity index (χ4n) is 3.30. The Kier molecular flexibility index (Phi) is 6.94. The molecule has 0 spiro atoms. The lowest BCUT2D eigenvalue weighted by molar-refractivity contribution is -0.152. The summed E-state index contributed by atoms with van der Waals surface area (Å²) in [4.78, 5) is 36.8. The smallest absolute Gasteiger partial charge is 0.309 e. The Labute approximate surface area is 168 Å². The lowest BCUT2D eigenvalue weighted by Gasteiger charge is -2.19. The van der Waals surface area contributed by atoms with Crippen molar-refractivity contribution in [1.29, 1.82) is 0 Å². The number of rotatable bonds is 6. The van der Waals surface area contributed by atoms with Gasteiger partial charge in [0, 0.05) is 5.69 Å². The average molecular weight is 398 g/mol. The van der Waals surface area contributed by atoms with Gasteiger partial charge in [0.15, 0.2) is 6.61 Å². The summed E-state index contributed by atoms with van der Waals surface area (Å²) in [7, 11) is 0. The Balaban J connectivity index is 1.57. The zero-order chi connectivity index (χ0) is 20.6. The van der Waals surface area contributed by atoms with Crippen molar-refractivity contribution >= 4 is 29.2 Å². The van der Waals surface area contributed by atoms with Crippen LogP contribution in [0.4, 0.5) is 15.8 Å². The Bertz CT molecular complexity index is 877. The zero-order valence-electron chi connectivity index (χ0n) is 15.9. The first-order valence-corrected chi connectivity index (χ1v) is 9.65. The Hall–Kier alpha value is -3.22. The number of esters is 1. The second kappa shape index (κ2) is 9.82. The molecule has 0 aliphatic heterocycles. The van der Waals surface area contributed by atoms with E-state index < -0.39 is 24.2 Å². The number of carbonyl (C=O) groups excluding carboxylic acids is 3. The van der Waals surface area contributed by atoms with Gasteiger partial charge in [0.2, 0.25) is 0 Å². The first-order valence-electron chi connectivity index (χ1n) is 9.65. The van der Waals surface area contributed by atoms with Crippen LogP contribution in [0.1, 0.15) is 42.5 Å². The summed E-state index contributed by atoms with van der Waals surface area (Å²) in [5.41, 5.74) is 0.966. The van der Waals surface area contributed by atoms with E-state index in [1.807, 2.05) is 0 Å². The third-order valence-corrected chi connectivity index (χ3v) is 4.83. The van der Waals surface area contributed by atoms with Gasteiger partial charge in [-0.1, -0.05) is 31.4 Å². The van der Waals surface area contributed by atoms with Gasteiger partial charge in [-0.25, -0.2) is 4.39 Å². The number of ether oxygens (including phenoxy) is 1. The Morgan fingerprint density at radius 2 is 1.62 bits per heavy atom. The van der Waals surface area contributed by atoms with E-state index in [1.165, 1.54) is 24.3 Å². The fraction of sp³-hybridized carbons (Fsp3) is 0.318. The van der Waals surface area contributed by atoms with Crippen LogP contribution in [-0.2, 0) is 14.3 Å². The first-order chi connectivity index (χ1) is 14.0. The van der Waals surface area contributed by atoms with E-state index in [9.17, 15) is 18.8 Å². The minimum atomic E-state index is -0.517. The van der Waals surface area contributed by atoms with Gasteiger partial charge >= 0.3 is 5.97 Å². The molecule has 1 aliphatic rings. The first kappa shape index (κ1) is 20.5. The maximum atomic E-state index is 13.0. The lowest BCUT2D eigenvalue weighted by atomic mass is 9.89. The lowest BCUT2D eigenvalue weighted by Crippen LogP contribution is -2.26. The highest BCUT2D eigenvalue weighted by Gasteiger charge is 2.23. The third-order valence-electron chi connectivity index (χ3n) is 4.83. The van der Waals surface area contributed by atoms with E-state index in [1.54, 1.807) is 24.3 Å². The second-order valence-corrected chi connectivity index (χ2v) is 7.00. The van der Waals surface area contributed by atoms with Crippen molar-refractivity contribution in [1.82, 2.24) is 0 Å². The largest absolute Gasteiger partial charge is 0.455 e. The molecule has 152 valence electrons. The molecule has 0 aromatic heterocycles. The third kappa shape index (κ3) is 5.88. The molecular formula is C22H23FN2O4. The normalized spacial score (nSPS) is 14.1. The number of nitrogens with one attached hydrogen (secondary N) is 2. The molecule has 1 aliphatic carbocycles. The van der Waals surface area contributed by atoms with Gasteiger partial charge in [-0.3, -0.25) is 14.4 Å². The summed E-state index contributed by atoms with van der Waals surface area (Å²) in [5.74, 6) is -1.85. The molecular weight excluding hydrogens is 375 g/mol. The van der Waals surface area contributed by atoms with Gasteiger partial charge in [0.05, 0.1) is 17.2 Å². The molecule has 0 bridgehead atoms. The van der Waals surface area contributed by atoms with E-state index in [2.05, 4.69) is 10.6 Å². The van der Waals surface area contributed by atoms with Crippen molar-refractivity contribution in [3.8, 4) is 0 Å². The molecule has 2 aromatic carbocycles. The Morgan fingerprint density at radius 3 is 2.34 bits per heavy atom. The van der Waals surface area contributed by atoms with E-state index in [0.29, 0.717) is 11.4 Å². The predicted octanol–water partition coefficient (Wildman–Crippen LogP) is 4.14. The molecule has 6 nitrogen and oxygen atoms in total. The van der Waals surface area contributed by atoms with Gasteiger partial charge in [-0.05, 0) is 49.2 Å². The average Bonchev–Trinajstić information content (AvgIpc) is 2.74. The van der Waals surface area contributed by atoms with Crippen LogP contribution in [0.25, 0.3) is 0 Å². The maximum absolute atomic E-state index is 13.0. The fourth-order valence-corrected chi connectivity index (χ4v) is 3.30. The maximum Gasteiger partial charge on any atom is 0.309 e. The van der Waals surface area contributed by atoms with Crippen LogP contribution in [0.15, 0.2) is 48.5 Å². The molecule has 3 rings (SSSR count). The summed E-state index contributed by atoms with van der Waals surface area (Å²) < 4.78 is 18.1. The van der Waals surface area contributed by atoms with Crippen molar-refractivity contribution in [2.24, 2.45) is 5.92 Å². The van der Waals surface area contributed by atoms with Crippen LogP contribution >= 0.6 is 0 Å². The zero-order valence-corrected chi connectivity index (χ0v) is 15.9. The molecule has 0 radical (unpaired) electrons. The number of hydrogen-bond acceptors (Lipinski definition) is 4. The molecule has 1 fully saturated rings. The minimum Gasteiger partial charge on any atom is -0.455 e. The van der Waals surface area contributed by atoms with Gasteiger partial charge in [0.1, 0.15) is 5.82 Å². The molecule has 7 heteroatoms. The molecule has 0 atom stereocenters. The second-order valence-electron chi connectivity index (χ2n) is 7.00. The van der Waals surface area contributed by atoms with Gasteiger partial charge in [-0.15, -0.1) is 0 Å². The number of benzene rings is 2. The van der Waals surface area contributed by atoms with Crippen molar-refractivity contribution in [2.45, 2.75) is 32.1 Å². The molecule has 2 aromatic rings. The summed E-state index contributed by atoms with van der Waals surface area (Å²) in [6.45, 7) is -0.400. The van der Waals surface area contributed by atoms with Crippen molar-refractivity contribution in [3.63, 3.8) is 0 Å². The highest BCUT2D eigenvalue weighted by molar-refractivity contribution is 6.10. The van der Waals surface area contributed by atoms with Crippen LogP contribution in [0, 0.1) is 11.7 Å². The number of halogens is 1. The molecule has 2 N–H and O–H groups in total. The molecule has 2 amide bonds. The van der Waals surface area contributed by atoms with Crippen LogP contribution in [-0.4, -0.2) is 24.4 Å². The number of para-hydroxylation sites is 1. The summed E-state index contributed by atoms with van der Waals surface area (Å²) in [6, 6.07) is 11.9. The van der Waals surface area contributed by atoms with Crippen molar-refractivity contribution in [2.75, 3.05) is 17.2 Å². The van der Waals surface area contributed by atoms with Gasteiger partial charge in [-0.2, -0.15) is 0 Å². The predicted molar refractivity (Wildman–Crippen MR) is 107 cm³/mol. The van der Waals surface area contributed by atoms with Crippen molar-refractivity contribution in [3.05, 3.63) is 59.9 Å². The van der Waals surface area contributed by atoms with Gasteiger partial charge in [0.25, 0.3) is 11.8 Å². The highest BCUT2D eigenvalue weighted by atomic mass is 19.1. The standard InChI is InChI=1S/C22H23FN2O4/c23-16-10-12-17(13-11-16)24-21(27)18-8-4-5-9-19(18)25-20(26)14-29-22(28)15-6-2-1-3-7-15/h4-5,8-13,15H,1-3,6-7,14H2,(H,24,27)(H,25,26). The number of anilines is 2. The number of amides is 2. The van der Waals surface area contributed by atoms with Crippen LogP contribution in [0.5, 0.6) is 0 Å². The number of carbonyl (C=O) groups is 3. The SMILES string of the molecule is O=C(COC(=O)C1CCCCC1)Nc1ccccc1C(=O)Nc1ccc(F)cc1. The van der Waals surface area contributed by atoms with Gasteiger partial charge < -0.3 is 15.4 Å². The highest BCUT2D eigenvalue weighted by Crippen LogP contribution is 2.24. The molecule has 0 saturated heterocycles. The van der Waals surface area contributed by atoms with Crippen molar-refractivity contribution < 1.29 is 23.5 Å². The van der Waals surface area contributed by atoms with Crippen LogP contribution in [0.3, 0.4) is 0 Å². The van der Waals surface area contributed by atoms with Crippen LogP contribution < -0.4 is 10.6 Å². The molecule has 0 heterocycles. The minimum absolute atomic E-state index is 0.134. The summed E-state index contributed by atoms with van der Waals surface area (Å²) in [6.07, 6.45) is 4.73. The monoisotopic (exact) mass is 398 g/mol. The van der Waals surface area contributed by atoms with E-state index >= 15 is 0 Å². The van der Waals surface area contributed by atoms with Crippen LogP contribution in [0.2, 0.25) is 0 Å². The summed E-state index contributed by atoms with van der Waals surface area (Å²) >= 11 is 0. The molecule has 1 saturated carbocycles. The topological polar surface area (TPSA) is 84.5 Å². The molecule has 0 unspecified atom stereocenters. The quantitative estimate of drug-likeness (QED) is 0.717. The summed E-state index contributed by atoms with van der Waals surface area (Å²) in [5, 5.41) is 5.26. The molecule has 29 heavy (non-hydrogen) atoms. The Morgan fingerprint density at radius 1 is 0.931 bits per heavy atom.